The van der Waals surface area contributed by atoms with Crippen molar-refractivity contribution in [1.29, 1.82) is 0 Å². The monoisotopic (exact) mass is 379 g/mol. The van der Waals surface area contributed by atoms with Crippen molar-refractivity contribution < 1.29 is 9.32 Å². The zero-order valence-corrected chi connectivity index (χ0v) is 16.6. The van der Waals surface area contributed by atoms with Crippen LogP contribution in [0.3, 0.4) is 0 Å². The zero-order chi connectivity index (χ0) is 19.1. The Labute approximate surface area is 166 Å². The molecule has 0 bridgehead atoms. The number of aromatic nitrogens is 1. The fourth-order valence-corrected chi connectivity index (χ4v) is 5.12. The summed E-state index contributed by atoms with van der Waals surface area (Å²) < 4.78 is 5.41. The van der Waals surface area contributed by atoms with Crippen molar-refractivity contribution in [2.45, 2.75) is 57.5 Å². The largest absolute Gasteiger partial charge is 0.360 e. The Morgan fingerprint density at radius 2 is 1.93 bits per heavy atom. The predicted octanol–water partition coefficient (Wildman–Crippen LogP) is 3.74. The fraction of sp³-hybridized carbons (Fsp3) is 0.565. The molecule has 5 heteroatoms. The van der Waals surface area contributed by atoms with Crippen molar-refractivity contribution in [2.24, 2.45) is 5.41 Å². The summed E-state index contributed by atoms with van der Waals surface area (Å²) in [7, 11) is 0. The van der Waals surface area contributed by atoms with E-state index in [1.165, 1.54) is 18.4 Å². The van der Waals surface area contributed by atoms with E-state index in [0.717, 1.165) is 56.9 Å². The van der Waals surface area contributed by atoms with Crippen LogP contribution < -0.4 is 0 Å². The molecule has 148 valence electrons. The summed E-state index contributed by atoms with van der Waals surface area (Å²) in [5.74, 6) is 1.34. The third-order valence-electron chi connectivity index (χ3n) is 6.89. The van der Waals surface area contributed by atoms with E-state index in [1.807, 2.05) is 19.1 Å². The van der Waals surface area contributed by atoms with E-state index in [0.29, 0.717) is 11.9 Å². The molecule has 1 spiro atoms. The van der Waals surface area contributed by atoms with Crippen LogP contribution in [0.15, 0.2) is 40.9 Å². The molecule has 28 heavy (non-hydrogen) atoms. The van der Waals surface area contributed by atoms with Crippen molar-refractivity contribution in [3.8, 4) is 0 Å². The minimum absolute atomic E-state index is 0.0269. The SMILES string of the molecule is Cc1cc(CN2CCC3(CC2)C[C@H](c2ccccc2)C(=O)N(C2CC2)C3)on1. The molecule has 1 atom stereocenters. The Balaban J connectivity index is 1.32. The molecular formula is C23H29N3O2. The van der Waals surface area contributed by atoms with Gasteiger partial charge in [-0.3, -0.25) is 9.69 Å². The number of hydrogen-bond acceptors (Lipinski definition) is 4. The Bertz CT molecular complexity index is 835. The van der Waals surface area contributed by atoms with Crippen LogP contribution in [0.25, 0.3) is 0 Å². The number of rotatable bonds is 4. The Kier molecular flexibility index (Phi) is 4.50. The molecule has 3 heterocycles. The summed E-state index contributed by atoms with van der Waals surface area (Å²) in [6.45, 7) is 5.88. The second-order valence-corrected chi connectivity index (χ2v) is 9.08. The zero-order valence-electron chi connectivity index (χ0n) is 16.6. The molecule has 1 aromatic heterocycles. The highest BCUT2D eigenvalue weighted by Crippen LogP contribution is 2.48. The first-order valence-corrected chi connectivity index (χ1v) is 10.6. The van der Waals surface area contributed by atoms with Crippen LogP contribution >= 0.6 is 0 Å². The molecule has 0 unspecified atom stereocenters. The maximum atomic E-state index is 13.2. The summed E-state index contributed by atoms with van der Waals surface area (Å²) >= 11 is 0. The number of hydrogen-bond donors (Lipinski definition) is 0. The topological polar surface area (TPSA) is 49.6 Å². The molecule has 5 rings (SSSR count). The highest BCUT2D eigenvalue weighted by atomic mass is 16.5. The first kappa shape index (κ1) is 17.9. The highest BCUT2D eigenvalue weighted by Gasteiger charge is 2.49. The van der Waals surface area contributed by atoms with E-state index >= 15 is 0 Å². The third-order valence-corrected chi connectivity index (χ3v) is 6.89. The molecule has 2 aliphatic heterocycles. The lowest BCUT2D eigenvalue weighted by Crippen LogP contribution is -2.54. The first-order valence-electron chi connectivity index (χ1n) is 10.6. The van der Waals surface area contributed by atoms with Crippen LogP contribution in [-0.2, 0) is 11.3 Å². The maximum absolute atomic E-state index is 13.2. The smallest absolute Gasteiger partial charge is 0.230 e. The second kappa shape index (κ2) is 7.03. The van der Waals surface area contributed by atoms with Gasteiger partial charge in [0.2, 0.25) is 5.91 Å². The van der Waals surface area contributed by atoms with Crippen LogP contribution in [-0.4, -0.2) is 46.5 Å². The Hall–Kier alpha value is -2.14. The normalized spacial score (nSPS) is 25.4. The number of piperidine rings is 2. The average molecular weight is 380 g/mol. The van der Waals surface area contributed by atoms with Crippen molar-refractivity contribution in [1.82, 2.24) is 15.0 Å². The van der Waals surface area contributed by atoms with Crippen LogP contribution in [0, 0.1) is 12.3 Å². The number of likely N-dealkylation sites (tertiary alicyclic amines) is 2. The highest BCUT2D eigenvalue weighted by molar-refractivity contribution is 5.85. The van der Waals surface area contributed by atoms with E-state index in [1.54, 1.807) is 0 Å². The molecule has 0 N–H and O–H groups in total. The van der Waals surface area contributed by atoms with Crippen molar-refractivity contribution in [2.75, 3.05) is 19.6 Å². The minimum Gasteiger partial charge on any atom is -0.360 e. The molecule has 2 saturated heterocycles. The molecule has 1 saturated carbocycles. The third kappa shape index (κ3) is 3.48. The number of nitrogens with zero attached hydrogens (tertiary/aromatic N) is 3. The number of benzene rings is 1. The van der Waals surface area contributed by atoms with E-state index in [4.69, 9.17) is 4.52 Å². The van der Waals surface area contributed by atoms with Gasteiger partial charge in [0.15, 0.2) is 5.76 Å². The molecule has 1 aliphatic carbocycles. The van der Waals surface area contributed by atoms with Crippen molar-refractivity contribution in [3.05, 3.63) is 53.4 Å². The minimum atomic E-state index is 0.0269. The first-order chi connectivity index (χ1) is 13.6. The van der Waals surface area contributed by atoms with E-state index in [2.05, 4.69) is 39.2 Å². The van der Waals surface area contributed by atoms with Gasteiger partial charge in [-0.15, -0.1) is 0 Å². The molecule has 1 aromatic carbocycles. The van der Waals surface area contributed by atoms with Gasteiger partial charge >= 0.3 is 0 Å². The second-order valence-electron chi connectivity index (χ2n) is 9.08. The molecule has 0 radical (unpaired) electrons. The summed E-state index contributed by atoms with van der Waals surface area (Å²) in [5.41, 5.74) is 2.39. The van der Waals surface area contributed by atoms with Crippen molar-refractivity contribution in [3.63, 3.8) is 0 Å². The molecule has 1 amide bonds. The van der Waals surface area contributed by atoms with Gasteiger partial charge in [0, 0.05) is 18.7 Å². The number of carbonyl (C=O) groups is 1. The summed E-state index contributed by atoms with van der Waals surface area (Å²) in [6.07, 6.45) is 5.66. The number of amides is 1. The van der Waals surface area contributed by atoms with Gasteiger partial charge < -0.3 is 9.42 Å². The summed E-state index contributed by atoms with van der Waals surface area (Å²) in [5, 5.41) is 4.01. The summed E-state index contributed by atoms with van der Waals surface area (Å²) in [6, 6.07) is 13.0. The standard InChI is InChI=1S/C23H29N3O2/c1-17-13-20(28-24-17)15-25-11-9-23(10-12-25)14-21(18-5-3-2-4-6-18)22(27)26(16-23)19-7-8-19/h2-6,13,19,21H,7-12,14-16H2,1H3/t21-/m1/s1. The molecule has 3 fully saturated rings. The molecular weight excluding hydrogens is 350 g/mol. The lowest BCUT2D eigenvalue weighted by Gasteiger charge is -2.50. The quantitative estimate of drug-likeness (QED) is 0.812. The van der Waals surface area contributed by atoms with Gasteiger partial charge in [-0.2, -0.15) is 0 Å². The van der Waals surface area contributed by atoms with Gasteiger partial charge in [0.25, 0.3) is 0 Å². The maximum Gasteiger partial charge on any atom is 0.230 e. The summed E-state index contributed by atoms with van der Waals surface area (Å²) in [4.78, 5) is 17.9. The molecule has 3 aliphatic rings. The van der Waals surface area contributed by atoms with Crippen LogP contribution in [0.1, 0.15) is 55.0 Å². The molecule has 5 nitrogen and oxygen atoms in total. The average Bonchev–Trinajstić information content (AvgIpc) is 3.48. The predicted molar refractivity (Wildman–Crippen MR) is 107 cm³/mol. The number of carbonyl (C=O) groups excluding carboxylic acids is 1. The van der Waals surface area contributed by atoms with Crippen LogP contribution in [0.2, 0.25) is 0 Å². The van der Waals surface area contributed by atoms with Crippen molar-refractivity contribution >= 4 is 5.91 Å². The van der Waals surface area contributed by atoms with Crippen LogP contribution in [0.4, 0.5) is 0 Å². The molecule has 2 aromatic rings. The fourth-order valence-electron chi connectivity index (χ4n) is 5.12. The van der Waals surface area contributed by atoms with Gasteiger partial charge in [-0.05, 0) is 63.1 Å². The van der Waals surface area contributed by atoms with Crippen LogP contribution in [0.5, 0.6) is 0 Å². The Morgan fingerprint density at radius 3 is 2.57 bits per heavy atom. The van der Waals surface area contributed by atoms with E-state index in [9.17, 15) is 4.79 Å². The lowest BCUT2D eigenvalue weighted by atomic mass is 9.67. The van der Waals surface area contributed by atoms with Gasteiger partial charge in [0.1, 0.15) is 0 Å². The van der Waals surface area contributed by atoms with E-state index in [-0.39, 0.29) is 11.3 Å². The number of aryl methyl sites for hydroxylation is 1. The lowest BCUT2D eigenvalue weighted by molar-refractivity contribution is -0.142. The van der Waals surface area contributed by atoms with Gasteiger partial charge in [-0.1, -0.05) is 35.5 Å². The van der Waals surface area contributed by atoms with Gasteiger partial charge in [0.05, 0.1) is 18.2 Å². The Morgan fingerprint density at radius 1 is 1.18 bits per heavy atom. The van der Waals surface area contributed by atoms with E-state index < -0.39 is 0 Å². The van der Waals surface area contributed by atoms with Gasteiger partial charge in [-0.25, -0.2) is 0 Å².